The molecule has 0 fully saturated rings. The highest BCUT2D eigenvalue weighted by Crippen LogP contribution is 2.14. The summed E-state index contributed by atoms with van der Waals surface area (Å²) in [5.41, 5.74) is 3.70. The zero-order valence-electron chi connectivity index (χ0n) is 13.1. The van der Waals surface area contributed by atoms with Crippen LogP contribution in [0.5, 0.6) is 5.75 Å². The molecule has 1 N–H and O–H groups in total. The molecule has 0 spiro atoms. The van der Waals surface area contributed by atoms with E-state index in [-0.39, 0.29) is 6.10 Å². The first-order valence-electron chi connectivity index (χ1n) is 7.58. The first kappa shape index (κ1) is 15.5. The summed E-state index contributed by atoms with van der Waals surface area (Å²) in [5.74, 6) is 0.923. The number of nitrogens with zero attached hydrogens (tertiary/aromatic N) is 1. The third-order valence-corrected chi connectivity index (χ3v) is 3.28. The second-order valence-corrected chi connectivity index (χ2v) is 5.38. The fourth-order valence-electron chi connectivity index (χ4n) is 2.24. The molecule has 2 rings (SSSR count). The predicted molar refractivity (Wildman–Crippen MR) is 86.4 cm³/mol. The Morgan fingerprint density at radius 3 is 2.52 bits per heavy atom. The van der Waals surface area contributed by atoms with E-state index in [1.54, 1.807) is 0 Å². The highest BCUT2D eigenvalue weighted by Gasteiger charge is 2.02. The third kappa shape index (κ3) is 4.87. The van der Waals surface area contributed by atoms with Gasteiger partial charge in [0.1, 0.15) is 5.75 Å². The number of nitrogens with one attached hydrogen (secondary N) is 1. The average Bonchev–Trinajstić information content (AvgIpc) is 2.49. The van der Waals surface area contributed by atoms with Gasteiger partial charge in [-0.1, -0.05) is 25.1 Å². The van der Waals surface area contributed by atoms with E-state index < -0.39 is 0 Å². The van der Waals surface area contributed by atoms with Crippen LogP contribution in [0.25, 0.3) is 0 Å². The average molecular weight is 284 g/mol. The van der Waals surface area contributed by atoms with Gasteiger partial charge in [0.25, 0.3) is 0 Å². The Balaban J connectivity index is 1.86. The molecule has 21 heavy (non-hydrogen) atoms. The molecule has 3 heteroatoms. The van der Waals surface area contributed by atoms with Gasteiger partial charge in [-0.3, -0.25) is 4.98 Å². The number of rotatable bonds is 7. The maximum absolute atomic E-state index is 5.64. The molecule has 1 aromatic heterocycles. The third-order valence-electron chi connectivity index (χ3n) is 3.28. The maximum atomic E-state index is 5.64. The second kappa shape index (κ2) is 7.79. The molecule has 0 bridgehead atoms. The zero-order chi connectivity index (χ0) is 15.1. The molecular weight excluding hydrogens is 260 g/mol. The predicted octanol–water partition coefficient (Wildman–Crippen LogP) is 3.72. The van der Waals surface area contributed by atoms with Crippen molar-refractivity contribution in [3.8, 4) is 5.75 Å². The van der Waals surface area contributed by atoms with Crippen LogP contribution in [0.15, 0.2) is 42.6 Å². The van der Waals surface area contributed by atoms with Crippen molar-refractivity contribution in [1.82, 2.24) is 10.3 Å². The number of hydrogen-bond donors (Lipinski definition) is 1. The maximum Gasteiger partial charge on any atom is 0.119 e. The minimum absolute atomic E-state index is 0.214. The van der Waals surface area contributed by atoms with Crippen molar-refractivity contribution in [2.24, 2.45) is 0 Å². The Morgan fingerprint density at radius 2 is 1.86 bits per heavy atom. The quantitative estimate of drug-likeness (QED) is 0.841. The summed E-state index contributed by atoms with van der Waals surface area (Å²) >= 11 is 0. The lowest BCUT2D eigenvalue weighted by Gasteiger charge is -2.11. The van der Waals surface area contributed by atoms with Crippen LogP contribution in [0.2, 0.25) is 0 Å². The lowest BCUT2D eigenvalue weighted by atomic mass is 10.1. The van der Waals surface area contributed by atoms with Gasteiger partial charge < -0.3 is 10.1 Å². The lowest BCUT2D eigenvalue weighted by Crippen LogP contribution is -2.15. The SMILES string of the molecule is CCc1cccnc1CNCc1ccc(OC(C)C)cc1. The van der Waals surface area contributed by atoms with Crippen LogP contribution < -0.4 is 10.1 Å². The van der Waals surface area contributed by atoms with Crippen LogP contribution in [0, 0.1) is 0 Å². The Kier molecular flexibility index (Phi) is 5.76. The van der Waals surface area contributed by atoms with Gasteiger partial charge in [-0.15, -0.1) is 0 Å². The van der Waals surface area contributed by atoms with Crippen LogP contribution in [0.3, 0.4) is 0 Å². The van der Waals surface area contributed by atoms with Crippen molar-refractivity contribution >= 4 is 0 Å². The molecule has 0 amide bonds. The lowest BCUT2D eigenvalue weighted by molar-refractivity contribution is 0.242. The molecule has 1 heterocycles. The number of ether oxygens (including phenoxy) is 1. The fourth-order valence-corrected chi connectivity index (χ4v) is 2.24. The molecular formula is C18H24N2O. The van der Waals surface area contributed by atoms with E-state index in [1.807, 2.05) is 38.2 Å². The highest BCUT2D eigenvalue weighted by molar-refractivity contribution is 5.27. The van der Waals surface area contributed by atoms with Crippen LogP contribution in [-0.4, -0.2) is 11.1 Å². The minimum Gasteiger partial charge on any atom is -0.491 e. The molecule has 0 atom stereocenters. The largest absolute Gasteiger partial charge is 0.491 e. The van der Waals surface area contributed by atoms with Crippen molar-refractivity contribution < 1.29 is 4.74 Å². The molecule has 3 nitrogen and oxygen atoms in total. The first-order chi connectivity index (χ1) is 10.2. The van der Waals surface area contributed by atoms with Crippen molar-refractivity contribution in [2.75, 3.05) is 0 Å². The van der Waals surface area contributed by atoms with Crippen molar-refractivity contribution in [3.63, 3.8) is 0 Å². The van der Waals surface area contributed by atoms with Gasteiger partial charge >= 0.3 is 0 Å². The summed E-state index contributed by atoms with van der Waals surface area (Å²) in [6, 6.07) is 12.4. The number of aromatic nitrogens is 1. The van der Waals surface area contributed by atoms with Gasteiger partial charge in [-0.25, -0.2) is 0 Å². The van der Waals surface area contributed by atoms with E-state index in [2.05, 4.69) is 35.4 Å². The van der Waals surface area contributed by atoms with Gasteiger partial charge in [0.05, 0.1) is 11.8 Å². The van der Waals surface area contributed by atoms with Gasteiger partial charge in [-0.2, -0.15) is 0 Å². The van der Waals surface area contributed by atoms with Crippen molar-refractivity contribution in [1.29, 1.82) is 0 Å². The molecule has 0 saturated heterocycles. The van der Waals surface area contributed by atoms with E-state index in [1.165, 1.54) is 11.1 Å². The topological polar surface area (TPSA) is 34.2 Å². The van der Waals surface area contributed by atoms with Crippen LogP contribution in [-0.2, 0) is 19.5 Å². The Bertz CT molecular complexity index is 549. The standard InChI is InChI=1S/C18H24N2O/c1-4-16-6-5-11-20-18(16)13-19-12-15-7-9-17(10-8-15)21-14(2)3/h5-11,14,19H,4,12-13H2,1-3H3. The van der Waals surface area contributed by atoms with Crippen LogP contribution in [0.1, 0.15) is 37.6 Å². The van der Waals surface area contributed by atoms with Crippen LogP contribution in [0.4, 0.5) is 0 Å². The Labute approximate surface area is 127 Å². The summed E-state index contributed by atoms with van der Waals surface area (Å²) in [7, 11) is 0. The molecule has 2 aromatic rings. The minimum atomic E-state index is 0.214. The van der Waals surface area contributed by atoms with Gasteiger partial charge in [-0.05, 0) is 49.6 Å². The molecule has 0 aliphatic rings. The van der Waals surface area contributed by atoms with E-state index in [0.29, 0.717) is 0 Å². The number of benzene rings is 1. The highest BCUT2D eigenvalue weighted by atomic mass is 16.5. The smallest absolute Gasteiger partial charge is 0.119 e. The Hall–Kier alpha value is -1.87. The molecule has 0 aliphatic heterocycles. The summed E-state index contributed by atoms with van der Waals surface area (Å²) in [4.78, 5) is 4.44. The summed E-state index contributed by atoms with van der Waals surface area (Å²) in [6.45, 7) is 7.87. The number of hydrogen-bond acceptors (Lipinski definition) is 3. The van der Waals surface area contributed by atoms with Gasteiger partial charge in [0.2, 0.25) is 0 Å². The molecule has 1 aromatic carbocycles. The van der Waals surface area contributed by atoms with E-state index in [9.17, 15) is 0 Å². The normalized spacial score (nSPS) is 10.9. The molecule has 0 radical (unpaired) electrons. The van der Waals surface area contributed by atoms with Gasteiger partial charge in [0, 0.05) is 19.3 Å². The molecule has 0 saturated carbocycles. The van der Waals surface area contributed by atoms with Crippen molar-refractivity contribution in [3.05, 3.63) is 59.4 Å². The summed E-state index contributed by atoms with van der Waals surface area (Å²) in [5, 5.41) is 3.45. The number of aryl methyl sites for hydroxylation is 1. The second-order valence-electron chi connectivity index (χ2n) is 5.38. The van der Waals surface area contributed by atoms with Crippen molar-refractivity contribution in [2.45, 2.75) is 46.4 Å². The Morgan fingerprint density at radius 1 is 1.10 bits per heavy atom. The zero-order valence-corrected chi connectivity index (χ0v) is 13.1. The molecule has 0 unspecified atom stereocenters. The monoisotopic (exact) mass is 284 g/mol. The molecule has 112 valence electrons. The summed E-state index contributed by atoms with van der Waals surface area (Å²) in [6.07, 6.45) is 3.09. The van der Waals surface area contributed by atoms with E-state index in [0.717, 1.165) is 31.0 Å². The molecule has 0 aliphatic carbocycles. The van der Waals surface area contributed by atoms with Crippen LogP contribution >= 0.6 is 0 Å². The van der Waals surface area contributed by atoms with E-state index in [4.69, 9.17) is 4.74 Å². The first-order valence-corrected chi connectivity index (χ1v) is 7.58. The van der Waals surface area contributed by atoms with E-state index >= 15 is 0 Å². The summed E-state index contributed by atoms with van der Waals surface area (Å²) < 4.78 is 5.64. The number of pyridine rings is 1. The van der Waals surface area contributed by atoms with Gasteiger partial charge in [0.15, 0.2) is 0 Å². The fraction of sp³-hybridized carbons (Fsp3) is 0.389.